The number of carbonyl (C=O) groups is 2. The lowest BCUT2D eigenvalue weighted by Crippen LogP contribution is -2.49. The predicted octanol–water partition coefficient (Wildman–Crippen LogP) is 0.912. The van der Waals surface area contributed by atoms with Gasteiger partial charge < -0.3 is 15.7 Å². The summed E-state index contributed by atoms with van der Waals surface area (Å²) in [6.07, 6.45) is 4.23. The fraction of sp³-hybridized carbons (Fsp3) is 0.692. The molecule has 0 bridgehead atoms. The molecule has 3 N–H and O–H groups in total. The van der Waals surface area contributed by atoms with E-state index in [-0.39, 0.29) is 12.3 Å². The lowest BCUT2D eigenvalue weighted by Gasteiger charge is -2.28. The van der Waals surface area contributed by atoms with Crippen LogP contribution in [0, 0.1) is 5.41 Å². The molecule has 0 aliphatic carbocycles. The number of aliphatic carboxylic acids is 1. The molecule has 102 valence electrons. The largest absolute Gasteiger partial charge is 0.480 e. The first-order valence-electron chi connectivity index (χ1n) is 6.41. The van der Waals surface area contributed by atoms with Gasteiger partial charge in [0.25, 0.3) is 0 Å². The number of hydrogen-bond acceptors (Lipinski definition) is 3. The summed E-state index contributed by atoms with van der Waals surface area (Å²) in [5.41, 5.74) is -0.441. The van der Waals surface area contributed by atoms with Gasteiger partial charge in [-0.2, -0.15) is 0 Å². The maximum absolute atomic E-state index is 12.3. The minimum atomic E-state index is -1.01. The van der Waals surface area contributed by atoms with Gasteiger partial charge in [-0.05, 0) is 25.8 Å². The minimum absolute atomic E-state index is 0.149. The molecule has 1 fully saturated rings. The third kappa shape index (κ3) is 3.32. The molecule has 0 saturated carbocycles. The van der Waals surface area contributed by atoms with Crippen LogP contribution in [-0.2, 0) is 9.59 Å². The van der Waals surface area contributed by atoms with Gasteiger partial charge in [0.15, 0.2) is 0 Å². The van der Waals surface area contributed by atoms with Gasteiger partial charge in [-0.3, -0.25) is 4.79 Å². The Kier molecular flexibility index (Phi) is 5.34. The van der Waals surface area contributed by atoms with E-state index in [1.54, 1.807) is 0 Å². The van der Waals surface area contributed by atoms with E-state index >= 15 is 0 Å². The van der Waals surface area contributed by atoms with Crippen molar-refractivity contribution in [2.45, 2.75) is 38.6 Å². The van der Waals surface area contributed by atoms with E-state index in [0.717, 1.165) is 25.8 Å². The Morgan fingerprint density at radius 3 is 2.78 bits per heavy atom. The fourth-order valence-electron chi connectivity index (χ4n) is 2.44. The third-order valence-corrected chi connectivity index (χ3v) is 3.46. The van der Waals surface area contributed by atoms with Crippen molar-refractivity contribution < 1.29 is 14.7 Å². The average molecular weight is 254 g/mol. The summed E-state index contributed by atoms with van der Waals surface area (Å²) in [6.45, 7) is 6.99. The molecule has 0 aromatic heterocycles. The number of carboxylic acid groups (broad SMARTS) is 1. The molecule has 1 aliphatic rings. The second-order valence-electron chi connectivity index (χ2n) is 4.85. The van der Waals surface area contributed by atoms with E-state index in [2.05, 4.69) is 17.2 Å². The van der Waals surface area contributed by atoms with Gasteiger partial charge >= 0.3 is 5.97 Å². The van der Waals surface area contributed by atoms with Crippen molar-refractivity contribution in [3.8, 4) is 0 Å². The van der Waals surface area contributed by atoms with E-state index in [1.165, 1.54) is 6.08 Å². The molecule has 0 radical (unpaired) electrons. The van der Waals surface area contributed by atoms with E-state index in [4.69, 9.17) is 5.11 Å². The lowest BCUT2D eigenvalue weighted by atomic mass is 9.81. The second-order valence-corrected chi connectivity index (χ2v) is 4.85. The molecule has 0 spiro atoms. The molecular formula is C13H22N2O3. The highest BCUT2D eigenvalue weighted by Crippen LogP contribution is 2.31. The average Bonchev–Trinajstić information content (AvgIpc) is 2.78. The number of carboxylic acids is 1. The third-order valence-electron chi connectivity index (χ3n) is 3.46. The quantitative estimate of drug-likeness (QED) is 0.590. The lowest BCUT2D eigenvalue weighted by molar-refractivity contribution is -0.143. The van der Waals surface area contributed by atoms with Gasteiger partial charge in [-0.15, -0.1) is 6.58 Å². The normalized spacial score (nSPS) is 24.5. The summed E-state index contributed by atoms with van der Waals surface area (Å²) in [4.78, 5) is 23.3. The molecule has 18 heavy (non-hydrogen) atoms. The highest BCUT2D eigenvalue weighted by Gasteiger charge is 2.41. The van der Waals surface area contributed by atoms with Crippen molar-refractivity contribution in [2.75, 3.05) is 13.1 Å². The van der Waals surface area contributed by atoms with Gasteiger partial charge in [-0.25, -0.2) is 4.79 Å². The number of nitrogens with one attached hydrogen (secondary N) is 2. The molecule has 1 saturated heterocycles. The first-order valence-corrected chi connectivity index (χ1v) is 6.41. The Bertz CT molecular complexity index is 322. The molecule has 0 aromatic carbocycles. The maximum Gasteiger partial charge on any atom is 0.326 e. The van der Waals surface area contributed by atoms with Gasteiger partial charge in [0, 0.05) is 6.54 Å². The van der Waals surface area contributed by atoms with Gasteiger partial charge in [0.1, 0.15) is 6.04 Å². The summed E-state index contributed by atoms with van der Waals surface area (Å²) >= 11 is 0. The van der Waals surface area contributed by atoms with Crippen molar-refractivity contribution >= 4 is 11.9 Å². The predicted molar refractivity (Wildman–Crippen MR) is 69.2 cm³/mol. The van der Waals surface area contributed by atoms with E-state index in [1.807, 2.05) is 6.92 Å². The molecular weight excluding hydrogens is 232 g/mol. The Morgan fingerprint density at radius 1 is 1.61 bits per heavy atom. The SMILES string of the molecule is C=CCC(NC(=O)C1(CCC)CCNC1)C(=O)O. The Morgan fingerprint density at radius 2 is 2.33 bits per heavy atom. The van der Waals surface area contributed by atoms with Crippen LogP contribution in [0.15, 0.2) is 12.7 Å². The van der Waals surface area contributed by atoms with Crippen LogP contribution in [0.4, 0.5) is 0 Å². The summed E-state index contributed by atoms with van der Waals surface area (Å²) < 4.78 is 0. The van der Waals surface area contributed by atoms with Crippen molar-refractivity contribution in [1.82, 2.24) is 10.6 Å². The zero-order valence-electron chi connectivity index (χ0n) is 10.9. The smallest absolute Gasteiger partial charge is 0.326 e. The van der Waals surface area contributed by atoms with Gasteiger partial charge in [-0.1, -0.05) is 19.4 Å². The van der Waals surface area contributed by atoms with Crippen molar-refractivity contribution in [1.29, 1.82) is 0 Å². The van der Waals surface area contributed by atoms with E-state index in [9.17, 15) is 9.59 Å². The number of amides is 1. The topological polar surface area (TPSA) is 78.4 Å². The summed E-state index contributed by atoms with van der Waals surface area (Å²) in [6, 6.07) is -0.871. The molecule has 1 heterocycles. The van der Waals surface area contributed by atoms with Crippen LogP contribution in [0.2, 0.25) is 0 Å². The van der Waals surface area contributed by atoms with Crippen LogP contribution in [0.5, 0.6) is 0 Å². The highest BCUT2D eigenvalue weighted by atomic mass is 16.4. The summed E-state index contributed by atoms with van der Waals surface area (Å²) in [5.74, 6) is -1.16. The molecule has 0 aromatic rings. The minimum Gasteiger partial charge on any atom is -0.480 e. The Labute approximate surface area is 108 Å². The van der Waals surface area contributed by atoms with Crippen LogP contribution in [0.1, 0.15) is 32.6 Å². The first-order chi connectivity index (χ1) is 8.55. The Hall–Kier alpha value is -1.36. The standard InChI is InChI=1S/C13H22N2O3/c1-3-5-10(11(16)17)15-12(18)13(6-4-2)7-8-14-9-13/h3,10,14H,1,4-9H2,2H3,(H,15,18)(H,16,17). The van der Waals surface area contributed by atoms with E-state index < -0.39 is 17.4 Å². The summed E-state index contributed by atoms with van der Waals surface area (Å²) in [5, 5.41) is 14.9. The molecule has 5 heteroatoms. The molecule has 1 rings (SSSR count). The van der Waals surface area contributed by atoms with Crippen molar-refractivity contribution in [3.05, 3.63) is 12.7 Å². The Balaban J connectivity index is 2.71. The van der Waals surface area contributed by atoms with Crippen LogP contribution in [0.3, 0.4) is 0 Å². The van der Waals surface area contributed by atoms with Crippen LogP contribution in [-0.4, -0.2) is 36.1 Å². The number of carbonyl (C=O) groups excluding carboxylic acids is 1. The van der Waals surface area contributed by atoms with Gasteiger partial charge in [0.2, 0.25) is 5.91 Å². The van der Waals surface area contributed by atoms with Crippen LogP contribution >= 0.6 is 0 Å². The number of hydrogen-bond donors (Lipinski definition) is 3. The zero-order chi connectivity index (χ0) is 13.6. The summed E-state index contributed by atoms with van der Waals surface area (Å²) in [7, 11) is 0. The van der Waals surface area contributed by atoms with Crippen LogP contribution in [0.25, 0.3) is 0 Å². The number of rotatable bonds is 7. The molecule has 1 amide bonds. The van der Waals surface area contributed by atoms with Crippen LogP contribution < -0.4 is 10.6 Å². The molecule has 2 atom stereocenters. The molecule has 5 nitrogen and oxygen atoms in total. The highest BCUT2D eigenvalue weighted by molar-refractivity contribution is 5.88. The maximum atomic E-state index is 12.3. The monoisotopic (exact) mass is 254 g/mol. The first kappa shape index (κ1) is 14.7. The van der Waals surface area contributed by atoms with Crippen molar-refractivity contribution in [2.24, 2.45) is 5.41 Å². The van der Waals surface area contributed by atoms with E-state index in [0.29, 0.717) is 6.54 Å². The van der Waals surface area contributed by atoms with Crippen molar-refractivity contribution in [3.63, 3.8) is 0 Å². The fourth-order valence-corrected chi connectivity index (χ4v) is 2.44. The second kappa shape index (κ2) is 6.54. The van der Waals surface area contributed by atoms with Gasteiger partial charge in [0.05, 0.1) is 5.41 Å². The molecule has 2 unspecified atom stereocenters. The zero-order valence-corrected chi connectivity index (χ0v) is 10.9. The molecule has 1 aliphatic heterocycles.